The van der Waals surface area contributed by atoms with Gasteiger partial charge in [0.15, 0.2) is 34.9 Å². The van der Waals surface area contributed by atoms with E-state index in [0.29, 0.717) is 35.1 Å². The van der Waals surface area contributed by atoms with Crippen molar-refractivity contribution in [2.24, 2.45) is 0 Å². The molecule has 2 unspecified atom stereocenters. The molecule has 13 heteroatoms. The summed E-state index contributed by atoms with van der Waals surface area (Å²) in [6, 6.07) is 18.1. The van der Waals surface area contributed by atoms with Gasteiger partial charge in [-0.1, -0.05) is 38.1 Å². The van der Waals surface area contributed by atoms with Crippen molar-refractivity contribution in [2.45, 2.75) is 38.8 Å². The average molecular weight is 802 g/mol. The Bertz CT molecular complexity index is 2330. The molecular formula is C40H29BrF8N2O2. The van der Waals surface area contributed by atoms with E-state index in [1.807, 2.05) is 0 Å². The van der Waals surface area contributed by atoms with Crippen LogP contribution in [0.2, 0.25) is 0 Å². The molecule has 2 atom stereocenters. The number of nitrogens with zero attached hydrogens (tertiary/aromatic N) is 2. The average Bonchev–Trinajstić information content (AvgIpc) is 3.13. The summed E-state index contributed by atoms with van der Waals surface area (Å²) < 4.78 is 110. The third-order valence-corrected chi connectivity index (χ3v) is 9.09. The van der Waals surface area contributed by atoms with Gasteiger partial charge in [0.2, 0.25) is 0 Å². The second-order valence-electron chi connectivity index (χ2n) is 11.9. The maximum atomic E-state index is 13.7. The molecule has 0 saturated carbocycles. The topological polar surface area (TPSA) is 44.0 Å². The number of hydrogen-bond acceptors (Lipinski definition) is 2. The van der Waals surface area contributed by atoms with Gasteiger partial charge in [0.05, 0.1) is 16.6 Å². The first-order valence-electron chi connectivity index (χ1n) is 16.2. The lowest BCUT2D eigenvalue weighted by atomic mass is 10.0. The van der Waals surface area contributed by atoms with Crippen LogP contribution in [0.15, 0.2) is 117 Å². The molecular weight excluding hydrogens is 772 g/mol. The van der Waals surface area contributed by atoms with Gasteiger partial charge >= 0.3 is 0 Å². The zero-order valence-electron chi connectivity index (χ0n) is 28.0. The zero-order valence-corrected chi connectivity index (χ0v) is 29.6. The lowest BCUT2D eigenvalue weighted by Crippen LogP contribution is -2.26. The van der Waals surface area contributed by atoms with Crippen LogP contribution in [0, 0.1) is 46.5 Å². The quantitative estimate of drug-likeness (QED) is 0.114. The summed E-state index contributed by atoms with van der Waals surface area (Å²) in [5, 5.41) is 0. The smallest absolute Gasteiger partial charge is 0.265 e. The van der Waals surface area contributed by atoms with Crippen LogP contribution in [0.4, 0.5) is 35.1 Å². The largest absolute Gasteiger partial charge is 0.307 e. The third kappa shape index (κ3) is 8.68. The van der Waals surface area contributed by atoms with Gasteiger partial charge in [-0.3, -0.25) is 9.59 Å². The molecule has 4 aromatic carbocycles. The molecule has 0 amide bonds. The Morgan fingerprint density at radius 2 is 0.887 bits per heavy atom. The van der Waals surface area contributed by atoms with Crippen molar-refractivity contribution in [1.29, 1.82) is 0 Å². The van der Waals surface area contributed by atoms with E-state index in [1.165, 1.54) is 45.7 Å². The summed E-state index contributed by atoms with van der Waals surface area (Å²) in [7, 11) is 0. The van der Waals surface area contributed by atoms with Gasteiger partial charge < -0.3 is 9.13 Å². The van der Waals surface area contributed by atoms with Crippen molar-refractivity contribution in [2.75, 3.05) is 0 Å². The van der Waals surface area contributed by atoms with Gasteiger partial charge in [-0.05, 0) is 123 Å². The standard InChI is InChI=1S/C20H14BrF4NO.C20H15F4NO/c1-2-18(12-8-16(23)19(25)17(24)9-12)26-10-13(7-15(21)20(26)27)11-3-5-14(22)6-4-11;1-2-18(14-9-16(22)20(24)17(23)10-14)25-11-13(5-8-19(25)26)12-3-6-15(21)7-4-12/h3-10,18H,2H2,1H3;3-11,18H,2H2,1H3. The van der Waals surface area contributed by atoms with E-state index in [2.05, 4.69) is 15.9 Å². The molecule has 0 saturated heterocycles. The molecule has 274 valence electrons. The fourth-order valence-corrected chi connectivity index (χ4v) is 6.33. The van der Waals surface area contributed by atoms with Crippen molar-refractivity contribution in [3.8, 4) is 22.3 Å². The number of hydrogen-bond donors (Lipinski definition) is 0. The first kappa shape index (κ1) is 38.9. The van der Waals surface area contributed by atoms with Crippen LogP contribution in [0.1, 0.15) is 49.9 Å². The van der Waals surface area contributed by atoms with Gasteiger partial charge in [0, 0.05) is 18.5 Å². The summed E-state index contributed by atoms with van der Waals surface area (Å²) in [6.07, 6.45) is 3.78. The van der Waals surface area contributed by atoms with E-state index in [-0.39, 0.29) is 27.0 Å². The highest BCUT2D eigenvalue weighted by Gasteiger charge is 2.21. The molecule has 0 aliphatic rings. The normalized spacial score (nSPS) is 12.2. The van der Waals surface area contributed by atoms with Gasteiger partial charge in [-0.25, -0.2) is 35.1 Å². The van der Waals surface area contributed by atoms with Crippen LogP contribution in [-0.4, -0.2) is 9.13 Å². The summed E-state index contributed by atoms with van der Waals surface area (Å²) in [4.78, 5) is 24.9. The van der Waals surface area contributed by atoms with Crippen LogP contribution in [0.25, 0.3) is 22.3 Å². The van der Waals surface area contributed by atoms with Crippen LogP contribution in [0.3, 0.4) is 0 Å². The van der Waals surface area contributed by atoms with E-state index in [4.69, 9.17) is 0 Å². The predicted molar refractivity (Wildman–Crippen MR) is 189 cm³/mol. The number of aromatic nitrogens is 2. The van der Waals surface area contributed by atoms with Gasteiger partial charge in [0.1, 0.15) is 11.6 Å². The van der Waals surface area contributed by atoms with Crippen LogP contribution in [0.5, 0.6) is 0 Å². The summed E-state index contributed by atoms with van der Waals surface area (Å²) in [5.74, 6) is -9.11. The maximum absolute atomic E-state index is 13.7. The number of halogens is 9. The van der Waals surface area contributed by atoms with Crippen molar-refractivity contribution < 1.29 is 35.1 Å². The molecule has 0 N–H and O–H groups in total. The minimum Gasteiger partial charge on any atom is -0.307 e. The van der Waals surface area contributed by atoms with Crippen LogP contribution >= 0.6 is 15.9 Å². The van der Waals surface area contributed by atoms with E-state index >= 15 is 0 Å². The van der Waals surface area contributed by atoms with E-state index in [1.54, 1.807) is 56.4 Å². The Hall–Kier alpha value is -5.30. The molecule has 53 heavy (non-hydrogen) atoms. The molecule has 0 aliphatic carbocycles. The third-order valence-electron chi connectivity index (χ3n) is 8.52. The van der Waals surface area contributed by atoms with Crippen molar-refractivity contribution >= 4 is 15.9 Å². The Morgan fingerprint density at radius 3 is 1.32 bits per heavy atom. The summed E-state index contributed by atoms with van der Waals surface area (Å²) >= 11 is 3.20. The molecule has 2 aromatic heterocycles. The molecule has 6 aromatic rings. The molecule has 6 rings (SSSR count). The molecule has 0 fully saturated rings. The van der Waals surface area contributed by atoms with Crippen molar-refractivity contribution in [3.63, 3.8) is 0 Å². The second kappa shape index (κ2) is 16.6. The van der Waals surface area contributed by atoms with Crippen LogP contribution in [-0.2, 0) is 0 Å². The van der Waals surface area contributed by atoms with Crippen molar-refractivity contribution in [1.82, 2.24) is 9.13 Å². The lowest BCUT2D eigenvalue weighted by Gasteiger charge is -2.21. The zero-order chi connectivity index (χ0) is 38.6. The highest BCUT2D eigenvalue weighted by atomic mass is 79.9. The SMILES string of the molecule is CCC(c1cc(F)c(F)c(F)c1)n1cc(-c2ccc(F)cc2)cc(Br)c1=O.CCC(c1cc(F)c(F)c(F)c1)n1cc(-c2ccc(F)cc2)ccc1=O. The Labute approximate surface area is 306 Å². The second-order valence-corrected chi connectivity index (χ2v) is 12.8. The fourth-order valence-electron chi connectivity index (χ4n) is 5.88. The summed E-state index contributed by atoms with van der Waals surface area (Å²) in [5.41, 5.74) is 2.13. The monoisotopic (exact) mass is 800 g/mol. The molecule has 0 radical (unpaired) electrons. The first-order valence-corrected chi connectivity index (χ1v) is 17.0. The van der Waals surface area contributed by atoms with E-state index < -0.39 is 58.4 Å². The van der Waals surface area contributed by atoms with E-state index in [9.17, 15) is 44.7 Å². The highest BCUT2D eigenvalue weighted by molar-refractivity contribution is 9.10. The summed E-state index contributed by atoms with van der Waals surface area (Å²) in [6.45, 7) is 3.50. The van der Waals surface area contributed by atoms with E-state index in [0.717, 1.165) is 24.3 Å². The molecule has 0 aliphatic heterocycles. The Balaban J connectivity index is 0.000000204. The fraction of sp³-hybridized carbons (Fsp3) is 0.150. The molecule has 0 bridgehead atoms. The Morgan fingerprint density at radius 1 is 0.509 bits per heavy atom. The maximum Gasteiger partial charge on any atom is 0.265 e. The molecule has 4 nitrogen and oxygen atoms in total. The van der Waals surface area contributed by atoms with Crippen molar-refractivity contribution in [3.05, 3.63) is 186 Å². The van der Waals surface area contributed by atoms with Gasteiger partial charge in [-0.2, -0.15) is 0 Å². The lowest BCUT2D eigenvalue weighted by molar-refractivity contribution is 0.439. The predicted octanol–water partition coefficient (Wildman–Crippen LogP) is 10.9. The minimum atomic E-state index is -1.55. The van der Waals surface area contributed by atoms with Gasteiger partial charge in [-0.15, -0.1) is 0 Å². The number of rotatable bonds is 8. The minimum absolute atomic E-state index is 0.138. The van der Waals surface area contributed by atoms with Crippen LogP contribution < -0.4 is 11.1 Å². The number of benzene rings is 4. The van der Waals surface area contributed by atoms with Gasteiger partial charge in [0.25, 0.3) is 11.1 Å². The molecule has 0 spiro atoms. The number of pyridine rings is 2. The highest BCUT2D eigenvalue weighted by Crippen LogP contribution is 2.29. The molecule has 2 heterocycles. The Kier molecular flexibility index (Phi) is 12.2. The first-order chi connectivity index (χ1) is 25.2.